The number of hydrogen-bond acceptors (Lipinski definition) is 6. The molecule has 0 aliphatic heterocycles. The maximum absolute atomic E-state index is 12.8. The Hall–Kier alpha value is -0.660. The molecule has 0 aromatic carbocycles. The average Bonchev–Trinajstić information content (AvgIpc) is 2.65. The van der Waals surface area contributed by atoms with Gasteiger partial charge in [0.2, 0.25) is 0 Å². The SMILES string of the molecule is [2H][13C]([2H])([2H])[C@@H](CC)C(=O)O[C@H]1C[C@@H](C)C=C2C=C[C@H](C)[C@H](CC[C@@H](O)C[C@@H](O)CC(=O)[O-])[C@H]21.[Na+]. The molecule has 0 saturated carbocycles. The first-order valence-corrected chi connectivity index (χ1v) is 11.0. The van der Waals surface area contributed by atoms with Gasteiger partial charge in [-0.05, 0) is 55.4 Å². The molecule has 2 N–H and O–H groups in total. The number of carbonyl (C=O) groups is 2. The van der Waals surface area contributed by atoms with Gasteiger partial charge in [-0.2, -0.15) is 0 Å². The number of rotatable bonds is 10. The number of aliphatic carboxylic acids is 1. The Morgan fingerprint density at radius 2 is 2.03 bits per heavy atom. The molecule has 0 bridgehead atoms. The molecule has 0 heterocycles. The van der Waals surface area contributed by atoms with Crippen LogP contribution in [-0.4, -0.2) is 40.5 Å². The first kappa shape index (κ1) is 23.5. The zero-order valence-electron chi connectivity index (χ0n) is 22.1. The number of hydrogen-bond donors (Lipinski definition) is 2. The second-order valence-electron chi connectivity index (χ2n) is 8.92. The zero-order chi connectivity index (χ0) is 24.9. The minimum Gasteiger partial charge on any atom is -0.550 e. The molecule has 6 nitrogen and oxygen atoms in total. The van der Waals surface area contributed by atoms with Crippen LogP contribution in [0.2, 0.25) is 0 Å². The van der Waals surface area contributed by atoms with Gasteiger partial charge in [0.05, 0.1) is 18.1 Å². The summed E-state index contributed by atoms with van der Waals surface area (Å²) >= 11 is 0. The van der Waals surface area contributed by atoms with E-state index in [0.29, 0.717) is 19.3 Å². The number of aliphatic hydroxyl groups excluding tert-OH is 2. The Morgan fingerprint density at radius 1 is 1.32 bits per heavy atom. The van der Waals surface area contributed by atoms with Gasteiger partial charge in [-0.25, -0.2) is 0 Å². The van der Waals surface area contributed by atoms with Crippen LogP contribution in [0.5, 0.6) is 0 Å². The van der Waals surface area contributed by atoms with Crippen molar-refractivity contribution in [1.29, 1.82) is 0 Å². The van der Waals surface area contributed by atoms with Gasteiger partial charge >= 0.3 is 35.5 Å². The minimum atomic E-state index is -2.42. The Morgan fingerprint density at radius 3 is 2.65 bits per heavy atom. The summed E-state index contributed by atoms with van der Waals surface area (Å²) in [5.41, 5.74) is 1.06. The van der Waals surface area contributed by atoms with E-state index in [1.165, 1.54) is 0 Å². The minimum absolute atomic E-state index is 0. The van der Waals surface area contributed by atoms with Crippen molar-refractivity contribution in [1.82, 2.24) is 0 Å². The third kappa shape index (κ3) is 8.32. The third-order valence-corrected chi connectivity index (χ3v) is 6.34. The summed E-state index contributed by atoms with van der Waals surface area (Å²) in [4.78, 5) is 23.4. The van der Waals surface area contributed by atoms with Gasteiger partial charge in [0, 0.05) is 22.4 Å². The molecule has 2 aliphatic rings. The number of esters is 1. The van der Waals surface area contributed by atoms with Gasteiger partial charge in [0.1, 0.15) is 6.10 Å². The summed E-state index contributed by atoms with van der Waals surface area (Å²) < 4.78 is 28.8. The molecular formula is C24H37NaO6. The molecule has 0 aromatic heterocycles. The smallest absolute Gasteiger partial charge is 0.550 e. The van der Waals surface area contributed by atoms with Crippen molar-refractivity contribution in [3.8, 4) is 0 Å². The van der Waals surface area contributed by atoms with Crippen molar-refractivity contribution < 1.29 is 63.3 Å². The number of carboxylic acids is 1. The van der Waals surface area contributed by atoms with E-state index in [2.05, 4.69) is 19.1 Å². The second kappa shape index (κ2) is 13.1. The quantitative estimate of drug-likeness (QED) is 0.262. The molecule has 31 heavy (non-hydrogen) atoms. The van der Waals surface area contributed by atoms with Gasteiger partial charge in [-0.15, -0.1) is 0 Å². The monoisotopic (exact) mass is 448 g/mol. The van der Waals surface area contributed by atoms with E-state index >= 15 is 0 Å². The molecule has 2 rings (SSSR count). The van der Waals surface area contributed by atoms with Crippen molar-refractivity contribution in [2.75, 3.05) is 0 Å². The second-order valence-corrected chi connectivity index (χ2v) is 8.92. The van der Waals surface area contributed by atoms with Crippen molar-refractivity contribution in [3.63, 3.8) is 0 Å². The first-order chi connectivity index (χ1) is 15.3. The molecule has 0 unspecified atom stereocenters. The molecule has 0 saturated heterocycles. The fourth-order valence-corrected chi connectivity index (χ4v) is 4.71. The standard InChI is InChI=1S/C24H38O6.Na/c1-5-15(3)24(29)30-21-11-14(2)10-17-7-6-16(4)20(23(17)21)9-8-18(25)12-19(26)13-22(27)28;/h6-7,10,14-16,18-21,23,25-26H,5,8-9,11-13H2,1-4H3,(H,27,28);/q;+1/p-1/t14-,15-,16-,18+,19+,20-,21-,23-;/m0./s1/i3+1D3;. The van der Waals surface area contributed by atoms with Gasteiger partial charge < -0.3 is 24.9 Å². The molecule has 2 aliphatic carbocycles. The van der Waals surface area contributed by atoms with Crippen molar-refractivity contribution in [3.05, 3.63) is 23.8 Å². The van der Waals surface area contributed by atoms with Crippen LogP contribution < -0.4 is 34.7 Å². The largest absolute Gasteiger partial charge is 1.00 e. The summed E-state index contributed by atoms with van der Waals surface area (Å²) in [7, 11) is 0. The predicted molar refractivity (Wildman–Crippen MR) is 112 cm³/mol. The summed E-state index contributed by atoms with van der Waals surface area (Å²) in [6.45, 7) is 3.34. The average molecular weight is 449 g/mol. The van der Waals surface area contributed by atoms with Gasteiger partial charge in [0.15, 0.2) is 0 Å². The van der Waals surface area contributed by atoms with Crippen LogP contribution in [0.25, 0.3) is 0 Å². The number of fused-ring (bicyclic) bond motifs is 1. The number of aliphatic hydroxyl groups is 2. The van der Waals surface area contributed by atoms with Gasteiger partial charge in [0.25, 0.3) is 0 Å². The van der Waals surface area contributed by atoms with Gasteiger partial charge in [-0.3, -0.25) is 4.79 Å². The normalized spacial score (nSPS) is 32.1. The molecule has 0 aromatic rings. The number of carboxylic acid groups (broad SMARTS) is 1. The van der Waals surface area contributed by atoms with E-state index in [1.54, 1.807) is 6.92 Å². The predicted octanol–water partition coefficient (Wildman–Crippen LogP) is -0.615. The topological polar surface area (TPSA) is 107 Å². The van der Waals surface area contributed by atoms with Crippen LogP contribution >= 0.6 is 0 Å². The maximum Gasteiger partial charge on any atom is 1.00 e. The molecule has 170 valence electrons. The van der Waals surface area contributed by atoms with Crippen molar-refractivity contribution >= 4 is 11.9 Å². The first-order valence-electron chi connectivity index (χ1n) is 12.5. The Bertz CT molecular complexity index is 753. The number of ether oxygens (including phenoxy) is 1. The van der Waals surface area contributed by atoms with Crippen LogP contribution in [0.15, 0.2) is 23.8 Å². The van der Waals surface area contributed by atoms with E-state index in [-0.39, 0.29) is 66.1 Å². The molecule has 0 amide bonds. The summed E-state index contributed by atoms with van der Waals surface area (Å²) in [5.74, 6) is -2.96. The van der Waals surface area contributed by atoms with Crippen molar-refractivity contribution in [2.24, 2.45) is 29.6 Å². The Labute approximate surface area is 212 Å². The maximum atomic E-state index is 12.8. The molecule has 0 spiro atoms. The third-order valence-electron chi connectivity index (χ3n) is 6.34. The van der Waals surface area contributed by atoms with E-state index in [9.17, 15) is 24.9 Å². The molecular weight excluding hydrogens is 408 g/mol. The van der Waals surface area contributed by atoms with Crippen LogP contribution in [0.1, 0.15) is 70.3 Å². The summed E-state index contributed by atoms with van der Waals surface area (Å²) in [6.07, 6.45) is 4.96. The van der Waals surface area contributed by atoms with E-state index < -0.39 is 49.4 Å². The Kier molecular flexibility index (Phi) is 9.96. The van der Waals surface area contributed by atoms with Crippen LogP contribution in [0, 0.1) is 29.6 Å². The zero-order valence-corrected chi connectivity index (χ0v) is 21.1. The van der Waals surface area contributed by atoms with E-state index in [0.717, 1.165) is 5.57 Å². The number of allylic oxidation sites excluding steroid dienone is 3. The van der Waals surface area contributed by atoms with Crippen molar-refractivity contribution in [2.45, 2.75) is 84.5 Å². The fourth-order valence-electron chi connectivity index (χ4n) is 4.71. The van der Waals surface area contributed by atoms with Crippen LogP contribution in [0.4, 0.5) is 0 Å². The molecule has 0 fully saturated rings. The molecule has 8 atom stereocenters. The molecule has 7 heteroatoms. The van der Waals surface area contributed by atoms with E-state index in [1.807, 2.05) is 13.0 Å². The number of carbonyl (C=O) groups excluding carboxylic acids is 2. The van der Waals surface area contributed by atoms with Crippen LogP contribution in [-0.2, 0) is 14.3 Å². The summed E-state index contributed by atoms with van der Waals surface area (Å²) in [6, 6.07) is 0. The molecule has 0 radical (unpaired) electrons. The Balaban J connectivity index is 0.00000578. The van der Waals surface area contributed by atoms with Crippen LogP contribution in [0.3, 0.4) is 0 Å². The van der Waals surface area contributed by atoms with E-state index in [4.69, 9.17) is 8.85 Å². The van der Waals surface area contributed by atoms with Gasteiger partial charge in [-0.1, -0.05) is 45.9 Å². The fraction of sp³-hybridized carbons (Fsp3) is 0.750. The summed E-state index contributed by atoms with van der Waals surface area (Å²) in [5, 5.41) is 30.7.